The molecule has 2 aliphatic rings. The van der Waals surface area contributed by atoms with Crippen molar-refractivity contribution >= 4 is 17.7 Å². The Hall–Kier alpha value is -1.63. The molecule has 2 heterocycles. The van der Waals surface area contributed by atoms with E-state index in [1.165, 1.54) is 11.8 Å². The van der Waals surface area contributed by atoms with Gasteiger partial charge in [-0.05, 0) is 19.3 Å². The number of carbonyl (C=O) groups excluding carboxylic acids is 3. The zero-order valence-electron chi connectivity index (χ0n) is 11.0. The topological polar surface area (TPSA) is 104 Å². The zero-order valence-corrected chi connectivity index (χ0v) is 11.0. The molecule has 2 fully saturated rings. The van der Waals surface area contributed by atoms with Gasteiger partial charge in [0, 0.05) is 20.0 Å². The van der Waals surface area contributed by atoms with Crippen molar-refractivity contribution in [3.8, 4) is 0 Å². The SMILES string of the molecule is CC(=O)N1CCCC12CCN([C@@H](CO)C(N)=O)C2=O. The monoisotopic (exact) mass is 269 g/mol. The van der Waals surface area contributed by atoms with Gasteiger partial charge in [-0.15, -0.1) is 0 Å². The van der Waals surface area contributed by atoms with E-state index in [2.05, 4.69) is 0 Å². The van der Waals surface area contributed by atoms with Crippen LogP contribution in [0.25, 0.3) is 0 Å². The number of primary amides is 1. The van der Waals surface area contributed by atoms with Crippen LogP contribution in [0.3, 0.4) is 0 Å². The van der Waals surface area contributed by atoms with E-state index in [-0.39, 0.29) is 11.8 Å². The molecular weight excluding hydrogens is 250 g/mol. The van der Waals surface area contributed by atoms with Crippen LogP contribution in [0.4, 0.5) is 0 Å². The Labute approximate surface area is 111 Å². The molecule has 2 rings (SSSR count). The van der Waals surface area contributed by atoms with Crippen molar-refractivity contribution in [1.82, 2.24) is 9.80 Å². The first kappa shape index (κ1) is 13.8. The molecule has 0 saturated carbocycles. The number of nitrogens with zero attached hydrogens (tertiary/aromatic N) is 2. The van der Waals surface area contributed by atoms with E-state index in [0.717, 1.165) is 6.42 Å². The maximum atomic E-state index is 12.6. The summed E-state index contributed by atoms with van der Waals surface area (Å²) in [7, 11) is 0. The number of amides is 3. The van der Waals surface area contributed by atoms with Gasteiger partial charge in [0.2, 0.25) is 17.7 Å². The van der Waals surface area contributed by atoms with Gasteiger partial charge in [-0.3, -0.25) is 14.4 Å². The van der Waals surface area contributed by atoms with Crippen LogP contribution >= 0.6 is 0 Å². The van der Waals surface area contributed by atoms with Gasteiger partial charge in [0.1, 0.15) is 11.6 Å². The lowest BCUT2D eigenvalue weighted by atomic mass is 9.94. The van der Waals surface area contributed by atoms with E-state index in [0.29, 0.717) is 25.9 Å². The minimum absolute atomic E-state index is 0.132. The van der Waals surface area contributed by atoms with E-state index in [1.54, 1.807) is 4.90 Å². The van der Waals surface area contributed by atoms with Crippen LogP contribution in [-0.4, -0.2) is 63.9 Å². The summed E-state index contributed by atoms with van der Waals surface area (Å²) >= 11 is 0. The molecule has 2 aliphatic heterocycles. The third-order valence-corrected chi connectivity index (χ3v) is 4.17. The van der Waals surface area contributed by atoms with Crippen LogP contribution in [-0.2, 0) is 14.4 Å². The Morgan fingerprint density at radius 1 is 1.42 bits per heavy atom. The maximum absolute atomic E-state index is 12.6. The quantitative estimate of drug-likeness (QED) is 0.647. The third-order valence-electron chi connectivity index (χ3n) is 4.17. The highest BCUT2D eigenvalue weighted by Gasteiger charge is 2.55. The van der Waals surface area contributed by atoms with Gasteiger partial charge >= 0.3 is 0 Å². The van der Waals surface area contributed by atoms with Crippen LogP contribution in [0.2, 0.25) is 0 Å². The van der Waals surface area contributed by atoms with Crippen molar-refractivity contribution in [2.24, 2.45) is 5.73 Å². The fraction of sp³-hybridized carbons (Fsp3) is 0.750. The molecule has 0 aromatic heterocycles. The normalized spacial score (nSPS) is 28.2. The van der Waals surface area contributed by atoms with Gasteiger partial charge in [0.15, 0.2) is 0 Å². The number of aliphatic hydroxyl groups excluding tert-OH is 1. The zero-order chi connectivity index (χ0) is 14.2. The highest BCUT2D eigenvalue weighted by atomic mass is 16.3. The Bertz CT molecular complexity index is 425. The molecule has 106 valence electrons. The fourth-order valence-electron chi connectivity index (χ4n) is 3.24. The van der Waals surface area contributed by atoms with Crippen molar-refractivity contribution in [3.63, 3.8) is 0 Å². The highest BCUT2D eigenvalue weighted by Crippen LogP contribution is 2.39. The van der Waals surface area contributed by atoms with Crippen LogP contribution in [0.1, 0.15) is 26.2 Å². The molecule has 1 spiro atoms. The fourth-order valence-corrected chi connectivity index (χ4v) is 3.24. The first-order valence-electron chi connectivity index (χ1n) is 6.43. The molecule has 0 aromatic carbocycles. The Kier molecular flexibility index (Phi) is 3.49. The van der Waals surface area contributed by atoms with Crippen molar-refractivity contribution < 1.29 is 19.5 Å². The average Bonchev–Trinajstić information content (AvgIpc) is 2.90. The summed E-state index contributed by atoms with van der Waals surface area (Å²) in [5, 5.41) is 9.21. The molecule has 0 bridgehead atoms. The van der Waals surface area contributed by atoms with Crippen molar-refractivity contribution in [2.75, 3.05) is 19.7 Å². The molecule has 1 unspecified atom stereocenters. The maximum Gasteiger partial charge on any atom is 0.249 e. The molecule has 3 amide bonds. The summed E-state index contributed by atoms with van der Waals surface area (Å²) in [4.78, 5) is 38.4. The average molecular weight is 269 g/mol. The minimum atomic E-state index is -0.999. The summed E-state index contributed by atoms with van der Waals surface area (Å²) in [6, 6.07) is -0.999. The molecule has 7 nitrogen and oxygen atoms in total. The first-order chi connectivity index (χ1) is 8.94. The van der Waals surface area contributed by atoms with Gasteiger partial charge in [0.25, 0.3) is 0 Å². The van der Waals surface area contributed by atoms with Gasteiger partial charge in [-0.25, -0.2) is 0 Å². The van der Waals surface area contributed by atoms with Gasteiger partial charge < -0.3 is 20.6 Å². The predicted octanol–water partition coefficient (Wildman–Crippen LogP) is -1.55. The Morgan fingerprint density at radius 2 is 2.11 bits per heavy atom. The molecular formula is C12H19N3O4. The lowest BCUT2D eigenvalue weighted by molar-refractivity contribution is -0.148. The number of aliphatic hydroxyl groups is 1. The van der Waals surface area contributed by atoms with Gasteiger partial charge in [0.05, 0.1) is 6.61 Å². The van der Waals surface area contributed by atoms with Gasteiger partial charge in [-0.2, -0.15) is 0 Å². The van der Waals surface area contributed by atoms with E-state index in [4.69, 9.17) is 5.73 Å². The second-order valence-electron chi connectivity index (χ2n) is 5.16. The Morgan fingerprint density at radius 3 is 2.63 bits per heavy atom. The number of hydrogen-bond acceptors (Lipinski definition) is 4. The van der Waals surface area contributed by atoms with E-state index in [1.807, 2.05) is 0 Å². The standard InChI is InChI=1S/C12H19N3O4/c1-8(17)15-5-2-3-12(15)4-6-14(11(12)19)9(7-16)10(13)18/h9,16H,2-7H2,1H3,(H2,13,18)/t9-,12?/m0/s1. The minimum Gasteiger partial charge on any atom is -0.394 e. The van der Waals surface area contributed by atoms with Gasteiger partial charge in [-0.1, -0.05) is 0 Å². The lowest BCUT2D eigenvalue weighted by Gasteiger charge is -2.33. The molecule has 2 atom stereocenters. The largest absolute Gasteiger partial charge is 0.394 e. The predicted molar refractivity (Wildman–Crippen MR) is 65.8 cm³/mol. The van der Waals surface area contributed by atoms with E-state index < -0.39 is 24.1 Å². The number of likely N-dealkylation sites (tertiary alicyclic amines) is 2. The van der Waals surface area contributed by atoms with E-state index >= 15 is 0 Å². The number of hydrogen-bond donors (Lipinski definition) is 2. The Balaban J connectivity index is 2.26. The summed E-state index contributed by atoms with van der Waals surface area (Å²) in [5.41, 5.74) is 4.37. The second kappa shape index (κ2) is 4.80. The lowest BCUT2D eigenvalue weighted by Crippen LogP contribution is -2.56. The molecule has 0 aliphatic carbocycles. The molecule has 0 aromatic rings. The van der Waals surface area contributed by atoms with Crippen LogP contribution in [0.5, 0.6) is 0 Å². The van der Waals surface area contributed by atoms with Crippen LogP contribution in [0.15, 0.2) is 0 Å². The molecule has 2 saturated heterocycles. The van der Waals surface area contributed by atoms with Crippen molar-refractivity contribution in [3.05, 3.63) is 0 Å². The molecule has 19 heavy (non-hydrogen) atoms. The van der Waals surface area contributed by atoms with Crippen LogP contribution < -0.4 is 5.73 Å². The smallest absolute Gasteiger partial charge is 0.249 e. The van der Waals surface area contributed by atoms with Crippen molar-refractivity contribution in [2.45, 2.75) is 37.8 Å². The summed E-state index contributed by atoms with van der Waals surface area (Å²) in [5.74, 6) is -1.12. The highest BCUT2D eigenvalue weighted by molar-refractivity contribution is 5.96. The number of rotatable bonds is 3. The first-order valence-corrected chi connectivity index (χ1v) is 6.43. The molecule has 7 heteroatoms. The number of nitrogens with two attached hydrogens (primary N) is 1. The number of carbonyl (C=O) groups is 3. The van der Waals surface area contributed by atoms with Crippen molar-refractivity contribution in [1.29, 1.82) is 0 Å². The van der Waals surface area contributed by atoms with E-state index in [9.17, 15) is 19.5 Å². The molecule has 3 N–H and O–H groups in total. The summed E-state index contributed by atoms with van der Waals surface area (Å²) in [6.45, 7) is 1.86. The molecule has 0 radical (unpaired) electrons. The summed E-state index contributed by atoms with van der Waals surface area (Å²) < 4.78 is 0. The third kappa shape index (κ3) is 1.98. The van der Waals surface area contributed by atoms with Crippen LogP contribution in [0, 0.1) is 0 Å². The second-order valence-corrected chi connectivity index (χ2v) is 5.16. The summed E-state index contributed by atoms with van der Waals surface area (Å²) in [6.07, 6.45) is 1.88.